The van der Waals surface area contributed by atoms with Crippen LogP contribution in [0.1, 0.15) is 45.3 Å². The molecule has 3 heterocycles. The average Bonchev–Trinajstić information content (AvgIpc) is 3.17. The second-order valence-electron chi connectivity index (χ2n) is 7.10. The normalized spacial score (nSPS) is 12.3. The number of halogens is 2. The number of aromatic amines is 1. The van der Waals surface area contributed by atoms with Crippen molar-refractivity contribution in [2.75, 3.05) is 0 Å². The van der Waals surface area contributed by atoms with Gasteiger partial charge in [0.25, 0.3) is 5.56 Å². The Balaban J connectivity index is 1.63. The van der Waals surface area contributed by atoms with Gasteiger partial charge in [-0.25, -0.2) is 18.9 Å². The van der Waals surface area contributed by atoms with Crippen molar-refractivity contribution in [1.82, 2.24) is 19.7 Å². The molecular weight excluding hydrogens is 443 g/mol. The maximum atomic E-state index is 13.2. The molecule has 4 rings (SSSR count). The van der Waals surface area contributed by atoms with Gasteiger partial charge in [0, 0.05) is 4.88 Å². The number of hydrogen-bond acceptors (Lipinski definition) is 6. The number of fused-ring (bicyclic) bond motifs is 1. The number of hydrogen-bond donors (Lipinski definition) is 1. The number of aromatic nitrogens is 4. The highest BCUT2D eigenvalue weighted by Gasteiger charge is 2.25. The molecule has 0 radical (unpaired) electrons. The SMILES string of the molecule is Cc1nn(-c2ccc(F)cc2)c(Cl)c1C(=O)OC(C)c1nc2sc(C)c(C)c2c(=O)[nH]1. The van der Waals surface area contributed by atoms with Gasteiger partial charge in [-0.2, -0.15) is 5.10 Å². The predicted octanol–water partition coefficient (Wildman–Crippen LogP) is 4.81. The summed E-state index contributed by atoms with van der Waals surface area (Å²) in [5.74, 6) is -0.858. The highest BCUT2D eigenvalue weighted by Crippen LogP contribution is 2.29. The number of carbonyl (C=O) groups is 1. The lowest BCUT2D eigenvalue weighted by atomic mass is 10.2. The van der Waals surface area contributed by atoms with Gasteiger partial charge >= 0.3 is 5.97 Å². The molecule has 10 heteroatoms. The first kappa shape index (κ1) is 21.2. The molecule has 160 valence electrons. The van der Waals surface area contributed by atoms with E-state index in [2.05, 4.69) is 15.1 Å². The summed E-state index contributed by atoms with van der Waals surface area (Å²) in [4.78, 5) is 34.1. The van der Waals surface area contributed by atoms with Crippen molar-refractivity contribution in [2.24, 2.45) is 0 Å². The first-order valence-electron chi connectivity index (χ1n) is 9.39. The van der Waals surface area contributed by atoms with Crippen LogP contribution in [-0.4, -0.2) is 25.7 Å². The third kappa shape index (κ3) is 3.75. The fourth-order valence-electron chi connectivity index (χ4n) is 3.22. The van der Waals surface area contributed by atoms with Gasteiger partial charge in [-0.1, -0.05) is 11.6 Å². The smallest absolute Gasteiger partial charge is 0.343 e. The number of aryl methyl sites for hydroxylation is 3. The quantitative estimate of drug-likeness (QED) is 0.441. The lowest BCUT2D eigenvalue weighted by molar-refractivity contribution is 0.0319. The van der Waals surface area contributed by atoms with Crippen LogP contribution in [0, 0.1) is 26.6 Å². The van der Waals surface area contributed by atoms with Crippen molar-refractivity contribution in [3.05, 3.63) is 73.1 Å². The van der Waals surface area contributed by atoms with Crippen LogP contribution in [0.3, 0.4) is 0 Å². The molecule has 7 nitrogen and oxygen atoms in total. The zero-order chi connectivity index (χ0) is 22.4. The maximum Gasteiger partial charge on any atom is 0.343 e. The van der Waals surface area contributed by atoms with Crippen LogP contribution in [0.5, 0.6) is 0 Å². The minimum atomic E-state index is -0.822. The molecule has 1 unspecified atom stereocenters. The standard InChI is InChI=1S/C21H18ClFN4O3S/c1-9-12(4)31-20-15(9)19(28)24-18(25-20)11(3)30-21(29)16-10(2)26-27(17(16)22)14-7-5-13(23)6-8-14/h5-8,11H,1-4H3,(H,24,25,28). The van der Waals surface area contributed by atoms with Crippen molar-refractivity contribution in [3.8, 4) is 5.69 Å². The average molecular weight is 461 g/mol. The Bertz CT molecular complexity index is 1370. The van der Waals surface area contributed by atoms with Crippen LogP contribution in [-0.2, 0) is 4.74 Å². The highest BCUT2D eigenvalue weighted by molar-refractivity contribution is 7.18. The Morgan fingerprint density at radius 1 is 1.26 bits per heavy atom. The summed E-state index contributed by atoms with van der Waals surface area (Å²) in [6.07, 6.45) is -0.822. The van der Waals surface area contributed by atoms with E-state index < -0.39 is 17.9 Å². The van der Waals surface area contributed by atoms with E-state index in [1.54, 1.807) is 13.8 Å². The number of nitrogens with one attached hydrogen (secondary N) is 1. The van der Waals surface area contributed by atoms with Crippen molar-refractivity contribution in [3.63, 3.8) is 0 Å². The van der Waals surface area contributed by atoms with E-state index in [4.69, 9.17) is 16.3 Å². The summed E-state index contributed by atoms with van der Waals surface area (Å²) in [6, 6.07) is 5.55. The molecule has 1 aromatic carbocycles. The summed E-state index contributed by atoms with van der Waals surface area (Å²) >= 11 is 7.80. The van der Waals surface area contributed by atoms with E-state index in [9.17, 15) is 14.0 Å². The molecule has 0 aliphatic rings. The zero-order valence-electron chi connectivity index (χ0n) is 17.1. The number of benzene rings is 1. The van der Waals surface area contributed by atoms with E-state index in [0.29, 0.717) is 21.6 Å². The van der Waals surface area contributed by atoms with E-state index in [0.717, 1.165) is 10.4 Å². The first-order valence-corrected chi connectivity index (χ1v) is 10.6. The fourth-order valence-corrected chi connectivity index (χ4v) is 4.61. The lowest BCUT2D eigenvalue weighted by Crippen LogP contribution is -2.17. The Morgan fingerprint density at radius 3 is 2.61 bits per heavy atom. The van der Waals surface area contributed by atoms with E-state index >= 15 is 0 Å². The zero-order valence-corrected chi connectivity index (χ0v) is 18.7. The number of nitrogens with zero attached hydrogens (tertiary/aromatic N) is 3. The Hall–Kier alpha value is -3.04. The van der Waals surface area contributed by atoms with Gasteiger partial charge in [-0.05, 0) is 57.5 Å². The molecule has 4 aromatic rings. The van der Waals surface area contributed by atoms with Gasteiger partial charge in [-0.15, -0.1) is 11.3 Å². The van der Waals surface area contributed by atoms with Crippen molar-refractivity contribution in [1.29, 1.82) is 0 Å². The number of carbonyl (C=O) groups excluding carboxylic acids is 1. The second kappa shape index (κ2) is 7.90. The molecule has 0 amide bonds. The Kier molecular flexibility index (Phi) is 5.40. The molecule has 0 saturated carbocycles. The molecule has 0 aliphatic heterocycles. The minimum Gasteiger partial charge on any atom is -0.451 e. The van der Waals surface area contributed by atoms with E-state index in [1.165, 1.54) is 40.3 Å². The highest BCUT2D eigenvalue weighted by atomic mass is 35.5. The summed E-state index contributed by atoms with van der Waals surface area (Å²) in [6.45, 7) is 7.03. The second-order valence-corrected chi connectivity index (χ2v) is 8.66. The van der Waals surface area contributed by atoms with Crippen LogP contribution in [0.25, 0.3) is 15.9 Å². The number of H-pyrrole nitrogens is 1. The Morgan fingerprint density at radius 2 is 1.94 bits per heavy atom. The largest absolute Gasteiger partial charge is 0.451 e. The van der Waals surface area contributed by atoms with Crippen LogP contribution in [0.4, 0.5) is 4.39 Å². The molecular formula is C21H18ClFN4O3S. The monoisotopic (exact) mass is 460 g/mol. The fraction of sp³-hybridized carbons (Fsp3) is 0.238. The predicted molar refractivity (Wildman–Crippen MR) is 117 cm³/mol. The third-order valence-corrected chi connectivity index (χ3v) is 6.46. The molecule has 0 fully saturated rings. The van der Waals surface area contributed by atoms with Crippen LogP contribution < -0.4 is 5.56 Å². The molecule has 31 heavy (non-hydrogen) atoms. The van der Waals surface area contributed by atoms with E-state index in [1.807, 2.05) is 13.8 Å². The van der Waals surface area contributed by atoms with Crippen LogP contribution in [0.15, 0.2) is 29.1 Å². The minimum absolute atomic E-state index is 0.0442. The van der Waals surface area contributed by atoms with Gasteiger partial charge in [0.2, 0.25) is 0 Å². The van der Waals surface area contributed by atoms with Crippen molar-refractivity contribution in [2.45, 2.75) is 33.8 Å². The van der Waals surface area contributed by atoms with Gasteiger partial charge in [0.05, 0.1) is 16.8 Å². The van der Waals surface area contributed by atoms with Crippen LogP contribution in [0.2, 0.25) is 5.15 Å². The van der Waals surface area contributed by atoms with Gasteiger partial charge in [0.1, 0.15) is 21.4 Å². The maximum absolute atomic E-state index is 13.2. The van der Waals surface area contributed by atoms with Gasteiger partial charge in [0.15, 0.2) is 11.9 Å². The van der Waals surface area contributed by atoms with E-state index in [-0.39, 0.29) is 22.1 Å². The number of esters is 1. The molecule has 1 atom stereocenters. The van der Waals surface area contributed by atoms with Crippen molar-refractivity contribution >= 4 is 39.1 Å². The molecule has 3 aromatic heterocycles. The summed E-state index contributed by atoms with van der Waals surface area (Å²) in [5.41, 5.74) is 1.56. The summed E-state index contributed by atoms with van der Waals surface area (Å²) in [7, 11) is 0. The molecule has 0 spiro atoms. The number of thiophene rings is 1. The van der Waals surface area contributed by atoms with Gasteiger partial charge < -0.3 is 9.72 Å². The molecule has 1 N–H and O–H groups in total. The lowest BCUT2D eigenvalue weighted by Gasteiger charge is -2.12. The molecule has 0 saturated heterocycles. The van der Waals surface area contributed by atoms with Crippen molar-refractivity contribution < 1.29 is 13.9 Å². The first-order chi connectivity index (χ1) is 14.7. The molecule has 0 aliphatic carbocycles. The third-order valence-electron chi connectivity index (χ3n) is 5.01. The molecule has 0 bridgehead atoms. The number of rotatable bonds is 4. The van der Waals surface area contributed by atoms with Gasteiger partial charge in [-0.3, -0.25) is 4.79 Å². The topological polar surface area (TPSA) is 89.9 Å². The number of ether oxygens (including phenoxy) is 1. The van der Waals surface area contributed by atoms with Crippen LogP contribution >= 0.6 is 22.9 Å². The summed E-state index contributed by atoms with van der Waals surface area (Å²) in [5, 5.41) is 4.86. The summed E-state index contributed by atoms with van der Waals surface area (Å²) < 4.78 is 20.1. The Labute approximate surface area is 185 Å².